The number of hydrogen-bond acceptors (Lipinski definition) is 4. The second-order valence-corrected chi connectivity index (χ2v) is 9.91. The first-order valence-corrected chi connectivity index (χ1v) is 12.1. The lowest BCUT2D eigenvalue weighted by atomic mass is 9.92. The molecule has 2 aliphatic rings. The SMILES string of the molecule is O=C(NC(CN1CCCC1)c1ccccc1)C1(c2cccc(CS(=O)(=O)O)c2)CC1. The summed E-state index contributed by atoms with van der Waals surface area (Å²) >= 11 is 0. The van der Waals surface area contributed by atoms with Gasteiger partial charge in [-0.05, 0) is 55.5 Å². The lowest BCUT2D eigenvalue weighted by molar-refractivity contribution is -0.124. The van der Waals surface area contributed by atoms with Gasteiger partial charge in [-0.25, -0.2) is 0 Å². The summed E-state index contributed by atoms with van der Waals surface area (Å²) in [7, 11) is -4.11. The molecule has 0 spiro atoms. The summed E-state index contributed by atoms with van der Waals surface area (Å²) in [5.41, 5.74) is 1.78. The third-order valence-electron chi connectivity index (χ3n) is 6.16. The molecule has 2 N–H and O–H groups in total. The fourth-order valence-electron chi connectivity index (χ4n) is 4.38. The summed E-state index contributed by atoms with van der Waals surface area (Å²) in [5.74, 6) is -0.459. The number of amides is 1. The molecule has 0 radical (unpaired) electrons. The number of likely N-dealkylation sites (tertiary alicyclic amines) is 1. The van der Waals surface area contributed by atoms with Crippen molar-refractivity contribution in [1.29, 1.82) is 0 Å². The van der Waals surface area contributed by atoms with Crippen LogP contribution in [0.3, 0.4) is 0 Å². The summed E-state index contributed by atoms with van der Waals surface area (Å²) < 4.78 is 31.7. The first-order chi connectivity index (χ1) is 14.4. The van der Waals surface area contributed by atoms with E-state index in [0.717, 1.165) is 43.6 Å². The quantitative estimate of drug-likeness (QED) is 0.631. The molecule has 7 heteroatoms. The Labute approximate surface area is 178 Å². The molecule has 2 aromatic rings. The average molecular weight is 429 g/mol. The molecule has 1 amide bonds. The van der Waals surface area contributed by atoms with Gasteiger partial charge in [0.2, 0.25) is 5.91 Å². The van der Waals surface area contributed by atoms with Crippen LogP contribution >= 0.6 is 0 Å². The highest BCUT2D eigenvalue weighted by atomic mass is 32.2. The van der Waals surface area contributed by atoms with E-state index in [1.54, 1.807) is 18.2 Å². The van der Waals surface area contributed by atoms with E-state index in [4.69, 9.17) is 4.55 Å². The van der Waals surface area contributed by atoms with E-state index in [9.17, 15) is 13.2 Å². The highest BCUT2D eigenvalue weighted by Gasteiger charge is 2.51. The number of carbonyl (C=O) groups is 1. The third kappa shape index (κ3) is 4.91. The van der Waals surface area contributed by atoms with Crippen molar-refractivity contribution in [3.8, 4) is 0 Å². The molecule has 1 saturated carbocycles. The second kappa shape index (κ2) is 8.49. The number of hydrogen-bond donors (Lipinski definition) is 2. The standard InChI is InChI=1S/C23H28N2O4S/c26-22(23(11-12-23)20-10-6-7-18(15-20)17-30(27,28)29)24-21(16-25-13-4-5-14-25)19-8-2-1-3-9-19/h1-3,6-10,15,21H,4-5,11-14,16-17H2,(H,24,26)(H,27,28,29). The number of rotatable bonds is 8. The normalized spacial score (nSPS) is 19.4. The zero-order valence-corrected chi connectivity index (χ0v) is 17.8. The van der Waals surface area contributed by atoms with E-state index in [2.05, 4.69) is 10.2 Å². The van der Waals surface area contributed by atoms with Gasteiger partial charge >= 0.3 is 0 Å². The Morgan fingerprint density at radius 3 is 2.40 bits per heavy atom. The van der Waals surface area contributed by atoms with Gasteiger partial charge in [-0.1, -0.05) is 54.6 Å². The Morgan fingerprint density at radius 2 is 1.77 bits per heavy atom. The average Bonchev–Trinajstić information content (AvgIpc) is 3.37. The first kappa shape index (κ1) is 21.0. The topological polar surface area (TPSA) is 86.7 Å². The molecule has 6 nitrogen and oxygen atoms in total. The van der Waals surface area contributed by atoms with Crippen LogP contribution in [-0.2, 0) is 26.1 Å². The van der Waals surface area contributed by atoms with Crippen LogP contribution in [0.5, 0.6) is 0 Å². The molecule has 2 aromatic carbocycles. The van der Waals surface area contributed by atoms with Crippen molar-refractivity contribution >= 4 is 16.0 Å². The Balaban J connectivity index is 1.54. The highest BCUT2D eigenvalue weighted by Crippen LogP contribution is 2.49. The van der Waals surface area contributed by atoms with Crippen molar-refractivity contribution in [2.45, 2.75) is 42.9 Å². The molecular formula is C23H28N2O4S. The fourth-order valence-corrected chi connectivity index (χ4v) is 4.98. The van der Waals surface area contributed by atoms with E-state index in [0.29, 0.717) is 5.56 Å². The van der Waals surface area contributed by atoms with Crippen LogP contribution in [0.25, 0.3) is 0 Å². The predicted molar refractivity (Wildman–Crippen MR) is 116 cm³/mol. The third-order valence-corrected chi connectivity index (χ3v) is 6.86. The number of carbonyl (C=O) groups excluding carboxylic acids is 1. The van der Waals surface area contributed by atoms with Crippen LogP contribution in [0, 0.1) is 0 Å². The number of nitrogens with zero attached hydrogens (tertiary/aromatic N) is 1. The van der Waals surface area contributed by atoms with Crippen LogP contribution < -0.4 is 5.32 Å². The predicted octanol–water partition coefficient (Wildman–Crippen LogP) is 3.06. The maximum absolute atomic E-state index is 13.4. The fraction of sp³-hybridized carbons (Fsp3) is 0.435. The molecule has 4 rings (SSSR count). The molecule has 1 saturated heterocycles. The van der Waals surface area contributed by atoms with Crippen LogP contribution in [0.1, 0.15) is 48.4 Å². The van der Waals surface area contributed by atoms with Crippen molar-refractivity contribution in [1.82, 2.24) is 10.2 Å². The highest BCUT2D eigenvalue weighted by molar-refractivity contribution is 7.85. The Bertz CT molecular complexity index is 997. The molecule has 1 aliphatic heterocycles. The van der Waals surface area contributed by atoms with Crippen LogP contribution in [0.2, 0.25) is 0 Å². The van der Waals surface area contributed by atoms with Crippen molar-refractivity contribution in [2.75, 3.05) is 19.6 Å². The first-order valence-electron chi connectivity index (χ1n) is 10.5. The number of benzene rings is 2. The van der Waals surface area contributed by atoms with E-state index in [-0.39, 0.29) is 11.9 Å². The van der Waals surface area contributed by atoms with Gasteiger partial charge in [0.15, 0.2) is 0 Å². The second-order valence-electron chi connectivity index (χ2n) is 8.45. The van der Waals surface area contributed by atoms with Gasteiger partial charge in [0.05, 0.1) is 11.5 Å². The van der Waals surface area contributed by atoms with Crippen molar-refractivity contribution in [3.05, 3.63) is 71.3 Å². The molecule has 0 bridgehead atoms. The Hall–Kier alpha value is -2.22. The van der Waals surface area contributed by atoms with Crippen molar-refractivity contribution in [3.63, 3.8) is 0 Å². The minimum Gasteiger partial charge on any atom is -0.347 e. The van der Waals surface area contributed by atoms with E-state index >= 15 is 0 Å². The minimum absolute atomic E-state index is 0.0143. The molecular weight excluding hydrogens is 400 g/mol. The smallest absolute Gasteiger partial charge is 0.269 e. The van der Waals surface area contributed by atoms with Crippen molar-refractivity contribution < 1.29 is 17.8 Å². The zero-order chi connectivity index (χ0) is 21.2. The minimum atomic E-state index is -4.11. The number of nitrogens with one attached hydrogen (secondary N) is 1. The van der Waals surface area contributed by atoms with E-state index < -0.39 is 21.3 Å². The molecule has 0 aromatic heterocycles. The summed E-state index contributed by atoms with van der Waals surface area (Å²) in [6.45, 7) is 2.90. The van der Waals surface area contributed by atoms with Gasteiger partial charge in [-0.3, -0.25) is 9.35 Å². The van der Waals surface area contributed by atoms with Crippen molar-refractivity contribution in [2.24, 2.45) is 0 Å². The summed E-state index contributed by atoms with van der Waals surface area (Å²) in [6.07, 6.45) is 3.86. The molecule has 30 heavy (non-hydrogen) atoms. The molecule has 2 fully saturated rings. The maximum atomic E-state index is 13.4. The van der Waals surface area contributed by atoms with Gasteiger partial charge in [0.1, 0.15) is 5.75 Å². The Kier molecular flexibility index (Phi) is 5.95. The summed E-state index contributed by atoms with van der Waals surface area (Å²) in [5, 5.41) is 3.28. The van der Waals surface area contributed by atoms with Gasteiger partial charge in [-0.2, -0.15) is 8.42 Å². The lowest BCUT2D eigenvalue weighted by Crippen LogP contribution is -2.41. The Morgan fingerprint density at radius 1 is 1.07 bits per heavy atom. The molecule has 1 heterocycles. The molecule has 1 atom stereocenters. The zero-order valence-electron chi connectivity index (χ0n) is 17.0. The van der Waals surface area contributed by atoms with E-state index in [1.165, 1.54) is 12.8 Å². The van der Waals surface area contributed by atoms with Gasteiger partial charge in [0.25, 0.3) is 10.1 Å². The van der Waals surface area contributed by atoms with Crippen LogP contribution in [0.15, 0.2) is 54.6 Å². The maximum Gasteiger partial charge on any atom is 0.269 e. The summed E-state index contributed by atoms with van der Waals surface area (Å²) in [6, 6.07) is 17.0. The molecule has 160 valence electrons. The molecule has 1 unspecified atom stereocenters. The monoisotopic (exact) mass is 428 g/mol. The van der Waals surface area contributed by atoms with E-state index in [1.807, 2.05) is 36.4 Å². The van der Waals surface area contributed by atoms with Gasteiger partial charge in [-0.15, -0.1) is 0 Å². The van der Waals surface area contributed by atoms with Crippen LogP contribution in [-0.4, -0.2) is 43.4 Å². The summed E-state index contributed by atoms with van der Waals surface area (Å²) in [4.78, 5) is 15.8. The van der Waals surface area contributed by atoms with Crippen LogP contribution in [0.4, 0.5) is 0 Å². The van der Waals surface area contributed by atoms with Gasteiger partial charge < -0.3 is 10.2 Å². The molecule has 1 aliphatic carbocycles. The largest absolute Gasteiger partial charge is 0.347 e. The van der Waals surface area contributed by atoms with Gasteiger partial charge in [0, 0.05) is 6.54 Å². The lowest BCUT2D eigenvalue weighted by Gasteiger charge is -2.27.